The molecule has 0 aromatic heterocycles. The molecule has 0 aliphatic heterocycles. The predicted octanol–water partition coefficient (Wildman–Crippen LogP) is 2.61. The third-order valence-corrected chi connectivity index (χ3v) is 4.17. The van der Waals surface area contributed by atoms with Crippen LogP contribution in [-0.2, 0) is 0 Å². The summed E-state index contributed by atoms with van der Waals surface area (Å²) in [6.07, 6.45) is 4.56. The lowest BCUT2D eigenvalue weighted by atomic mass is 9.87. The van der Waals surface area contributed by atoms with Gasteiger partial charge in [0, 0.05) is 17.2 Å². The van der Waals surface area contributed by atoms with E-state index in [9.17, 15) is 4.79 Å². The summed E-state index contributed by atoms with van der Waals surface area (Å²) < 4.78 is 0. The van der Waals surface area contributed by atoms with E-state index in [1.54, 1.807) is 0 Å². The second-order valence-electron chi connectivity index (χ2n) is 5.97. The van der Waals surface area contributed by atoms with Crippen molar-refractivity contribution in [1.82, 2.24) is 5.32 Å². The van der Waals surface area contributed by atoms with Gasteiger partial charge in [0.25, 0.3) is 5.91 Å². The third-order valence-electron chi connectivity index (χ3n) is 4.17. The Balaban J connectivity index is 2.07. The Kier molecular flexibility index (Phi) is 5.41. The molecule has 1 amide bonds. The predicted molar refractivity (Wildman–Crippen MR) is 86.0 cm³/mol. The molecule has 0 radical (unpaired) electrons. The van der Waals surface area contributed by atoms with Crippen molar-refractivity contribution in [2.45, 2.75) is 45.6 Å². The summed E-state index contributed by atoms with van der Waals surface area (Å²) in [6.45, 7) is 4.56. The molecule has 112 valence electrons. The van der Waals surface area contributed by atoms with E-state index in [2.05, 4.69) is 24.1 Å². The van der Waals surface area contributed by atoms with Gasteiger partial charge < -0.3 is 11.1 Å². The Hall–Kier alpha value is -1.79. The lowest BCUT2D eigenvalue weighted by molar-refractivity contribution is 0.0922. The van der Waals surface area contributed by atoms with Crippen LogP contribution in [-0.4, -0.2) is 18.5 Å². The van der Waals surface area contributed by atoms with Crippen LogP contribution < -0.4 is 11.1 Å². The van der Waals surface area contributed by atoms with Gasteiger partial charge in [0.1, 0.15) is 0 Å². The molecule has 3 N–H and O–H groups in total. The Labute approximate surface area is 127 Å². The lowest BCUT2D eigenvalue weighted by Gasteiger charge is -2.27. The number of amides is 1. The van der Waals surface area contributed by atoms with Gasteiger partial charge in [-0.3, -0.25) is 4.79 Å². The van der Waals surface area contributed by atoms with E-state index < -0.39 is 0 Å². The molecule has 0 spiro atoms. The number of aryl methyl sites for hydroxylation is 1. The summed E-state index contributed by atoms with van der Waals surface area (Å²) in [5.41, 5.74) is 7.93. The zero-order valence-electron chi connectivity index (χ0n) is 12.9. The Morgan fingerprint density at radius 2 is 2.05 bits per heavy atom. The number of benzene rings is 1. The maximum absolute atomic E-state index is 12.5. The number of rotatable bonds is 2. The van der Waals surface area contributed by atoms with Gasteiger partial charge in [-0.25, -0.2) is 0 Å². The van der Waals surface area contributed by atoms with E-state index in [0.29, 0.717) is 12.6 Å². The van der Waals surface area contributed by atoms with Crippen LogP contribution in [0, 0.1) is 24.7 Å². The summed E-state index contributed by atoms with van der Waals surface area (Å²) in [4.78, 5) is 12.5. The standard InChI is InChI=1S/C18H24N2O/c1-13-5-9-16(10-6-13)20-18(21)17-12-15(4-3-11-19)8-7-14(17)2/h7-8,12-13,16H,5-6,9-11,19H2,1-2H3,(H,20,21). The number of carbonyl (C=O) groups excluding carboxylic acids is 1. The zero-order valence-corrected chi connectivity index (χ0v) is 12.9. The normalized spacial score (nSPS) is 21.3. The van der Waals surface area contributed by atoms with Crippen molar-refractivity contribution < 1.29 is 4.79 Å². The Bertz CT molecular complexity index is 560. The molecular weight excluding hydrogens is 260 g/mol. The molecule has 0 saturated heterocycles. The summed E-state index contributed by atoms with van der Waals surface area (Å²) in [5, 5.41) is 3.17. The quantitative estimate of drug-likeness (QED) is 0.820. The molecule has 21 heavy (non-hydrogen) atoms. The largest absolute Gasteiger partial charge is 0.349 e. The third kappa shape index (κ3) is 4.34. The first-order valence-electron chi connectivity index (χ1n) is 7.70. The van der Waals surface area contributed by atoms with Crippen LogP contribution in [0.5, 0.6) is 0 Å². The van der Waals surface area contributed by atoms with Crippen molar-refractivity contribution in [2.75, 3.05) is 6.54 Å². The Morgan fingerprint density at radius 3 is 2.71 bits per heavy atom. The SMILES string of the molecule is Cc1ccc(C#CCN)cc1C(=O)NC1CCC(C)CC1. The van der Waals surface area contributed by atoms with Gasteiger partial charge in [0.2, 0.25) is 0 Å². The van der Waals surface area contributed by atoms with Gasteiger partial charge >= 0.3 is 0 Å². The molecule has 3 nitrogen and oxygen atoms in total. The second kappa shape index (κ2) is 7.28. The smallest absolute Gasteiger partial charge is 0.251 e. The average Bonchev–Trinajstić information content (AvgIpc) is 2.48. The molecule has 1 fully saturated rings. The minimum absolute atomic E-state index is 0.0171. The topological polar surface area (TPSA) is 55.1 Å². The van der Waals surface area contributed by atoms with Crippen LogP contribution in [0.25, 0.3) is 0 Å². The first-order chi connectivity index (χ1) is 10.1. The van der Waals surface area contributed by atoms with E-state index in [1.165, 1.54) is 12.8 Å². The van der Waals surface area contributed by atoms with Gasteiger partial charge in [0.05, 0.1) is 6.54 Å². The molecule has 0 atom stereocenters. The van der Waals surface area contributed by atoms with Gasteiger partial charge in [-0.05, 0) is 56.2 Å². The molecule has 1 saturated carbocycles. The van der Waals surface area contributed by atoms with Crippen LogP contribution in [0.1, 0.15) is 54.1 Å². The molecule has 2 rings (SSSR count). The first-order valence-corrected chi connectivity index (χ1v) is 7.70. The lowest BCUT2D eigenvalue weighted by Crippen LogP contribution is -2.37. The van der Waals surface area contributed by atoms with E-state index in [1.807, 2.05) is 25.1 Å². The summed E-state index contributed by atoms with van der Waals surface area (Å²) >= 11 is 0. The van der Waals surface area contributed by atoms with Crippen molar-refractivity contribution in [2.24, 2.45) is 11.7 Å². The fraction of sp³-hybridized carbons (Fsp3) is 0.500. The summed E-state index contributed by atoms with van der Waals surface area (Å²) in [5.74, 6) is 6.61. The average molecular weight is 284 g/mol. The highest BCUT2D eigenvalue weighted by Crippen LogP contribution is 2.24. The number of nitrogens with one attached hydrogen (secondary N) is 1. The minimum Gasteiger partial charge on any atom is -0.349 e. The van der Waals surface area contributed by atoms with Gasteiger partial charge in [-0.2, -0.15) is 0 Å². The number of carbonyl (C=O) groups is 1. The fourth-order valence-electron chi connectivity index (χ4n) is 2.77. The van der Waals surface area contributed by atoms with Crippen molar-refractivity contribution in [3.8, 4) is 11.8 Å². The molecule has 1 aliphatic carbocycles. The summed E-state index contributed by atoms with van der Waals surface area (Å²) in [7, 11) is 0. The van der Waals surface area contributed by atoms with Crippen molar-refractivity contribution in [3.63, 3.8) is 0 Å². The molecule has 0 unspecified atom stereocenters. The molecule has 1 aromatic carbocycles. The number of hydrogen-bond acceptors (Lipinski definition) is 2. The van der Waals surface area contributed by atoms with E-state index in [4.69, 9.17) is 5.73 Å². The van der Waals surface area contributed by atoms with Crippen LogP contribution in [0.4, 0.5) is 0 Å². The van der Waals surface area contributed by atoms with E-state index in [0.717, 1.165) is 35.4 Å². The van der Waals surface area contributed by atoms with Crippen LogP contribution in [0.3, 0.4) is 0 Å². The van der Waals surface area contributed by atoms with Crippen molar-refractivity contribution in [1.29, 1.82) is 0 Å². The van der Waals surface area contributed by atoms with Crippen LogP contribution >= 0.6 is 0 Å². The van der Waals surface area contributed by atoms with Crippen LogP contribution in [0.15, 0.2) is 18.2 Å². The monoisotopic (exact) mass is 284 g/mol. The van der Waals surface area contributed by atoms with E-state index >= 15 is 0 Å². The van der Waals surface area contributed by atoms with Crippen molar-refractivity contribution >= 4 is 5.91 Å². The molecule has 1 aromatic rings. The second-order valence-corrected chi connectivity index (χ2v) is 5.97. The van der Waals surface area contributed by atoms with Gasteiger partial charge in [-0.15, -0.1) is 0 Å². The van der Waals surface area contributed by atoms with E-state index in [-0.39, 0.29) is 5.91 Å². The van der Waals surface area contributed by atoms with Crippen molar-refractivity contribution in [3.05, 3.63) is 34.9 Å². The molecule has 1 aliphatic rings. The molecule has 0 heterocycles. The number of nitrogens with two attached hydrogens (primary N) is 1. The highest BCUT2D eigenvalue weighted by atomic mass is 16.1. The molecule has 3 heteroatoms. The maximum Gasteiger partial charge on any atom is 0.251 e. The molecular formula is C18H24N2O. The highest BCUT2D eigenvalue weighted by Gasteiger charge is 2.20. The number of hydrogen-bond donors (Lipinski definition) is 2. The maximum atomic E-state index is 12.5. The molecule has 0 bridgehead atoms. The first kappa shape index (κ1) is 15.6. The van der Waals surface area contributed by atoms with Gasteiger partial charge in [0.15, 0.2) is 0 Å². The summed E-state index contributed by atoms with van der Waals surface area (Å²) in [6, 6.07) is 6.04. The Morgan fingerprint density at radius 1 is 1.33 bits per heavy atom. The minimum atomic E-state index is 0.0171. The van der Waals surface area contributed by atoms with Crippen LogP contribution in [0.2, 0.25) is 0 Å². The van der Waals surface area contributed by atoms with Gasteiger partial charge in [-0.1, -0.05) is 24.8 Å². The fourth-order valence-corrected chi connectivity index (χ4v) is 2.77. The zero-order chi connectivity index (χ0) is 15.2. The highest BCUT2D eigenvalue weighted by molar-refractivity contribution is 5.96.